The Morgan fingerprint density at radius 3 is 2.37 bits per heavy atom. The Kier molecular flexibility index (Phi) is 8.54. The number of nitrogens with one attached hydrogen (secondary N) is 3. The van der Waals surface area contributed by atoms with E-state index in [0.717, 1.165) is 12.1 Å². The first-order valence-corrected chi connectivity index (χ1v) is 9.52. The van der Waals surface area contributed by atoms with Gasteiger partial charge in [-0.2, -0.15) is 0 Å². The third-order valence-corrected chi connectivity index (χ3v) is 4.05. The molecule has 9 heteroatoms. The molecule has 7 nitrogen and oxygen atoms in total. The maximum Gasteiger partial charge on any atom is 0.325 e. The van der Waals surface area contributed by atoms with Crippen LogP contribution in [0.1, 0.15) is 32.4 Å². The molecule has 0 aromatic heterocycles. The van der Waals surface area contributed by atoms with Gasteiger partial charge in [0.05, 0.1) is 19.8 Å². The first-order valence-electron chi connectivity index (χ1n) is 9.52. The predicted molar refractivity (Wildman–Crippen MR) is 109 cm³/mol. The summed E-state index contributed by atoms with van der Waals surface area (Å²) in [5.74, 6) is -0.987. The standard InChI is InChI=1S/C21H25F2N3O4/c1-4-29-18-9-7-15(11-19(18)30-5-2)25-21(28)26-20(27)12-24-13(3)16-8-6-14(22)10-17(16)23/h6-11,13,24H,4-5,12H2,1-3H3,(H2,25,26,27,28)/t13-/m1/s1. The summed E-state index contributed by atoms with van der Waals surface area (Å²) in [6.07, 6.45) is 0. The Bertz CT molecular complexity index is 893. The largest absolute Gasteiger partial charge is 0.490 e. The second-order valence-corrected chi connectivity index (χ2v) is 6.30. The first-order chi connectivity index (χ1) is 14.3. The molecule has 0 aliphatic rings. The minimum Gasteiger partial charge on any atom is -0.490 e. The lowest BCUT2D eigenvalue weighted by atomic mass is 10.1. The van der Waals surface area contributed by atoms with Crippen molar-refractivity contribution in [1.29, 1.82) is 0 Å². The molecule has 0 unspecified atom stereocenters. The molecule has 3 N–H and O–H groups in total. The van der Waals surface area contributed by atoms with Crippen LogP contribution < -0.4 is 25.4 Å². The van der Waals surface area contributed by atoms with Crippen LogP contribution in [0, 0.1) is 11.6 Å². The summed E-state index contributed by atoms with van der Waals surface area (Å²) in [5, 5.41) is 7.50. The lowest BCUT2D eigenvalue weighted by Crippen LogP contribution is -2.40. The zero-order chi connectivity index (χ0) is 22.1. The molecule has 2 rings (SSSR count). The number of rotatable bonds is 9. The van der Waals surface area contributed by atoms with Gasteiger partial charge in [-0.15, -0.1) is 0 Å². The summed E-state index contributed by atoms with van der Waals surface area (Å²) in [6.45, 7) is 5.95. The summed E-state index contributed by atoms with van der Waals surface area (Å²) in [7, 11) is 0. The highest BCUT2D eigenvalue weighted by Crippen LogP contribution is 2.30. The van der Waals surface area contributed by atoms with Crippen LogP contribution in [0.5, 0.6) is 11.5 Å². The smallest absolute Gasteiger partial charge is 0.325 e. The molecule has 0 radical (unpaired) electrons. The molecule has 0 saturated carbocycles. The summed E-state index contributed by atoms with van der Waals surface area (Å²) in [5.41, 5.74) is 0.633. The molecule has 0 fully saturated rings. The van der Waals surface area contributed by atoms with Gasteiger partial charge in [0.25, 0.3) is 0 Å². The number of imide groups is 1. The molecule has 0 spiro atoms. The topological polar surface area (TPSA) is 88.7 Å². The number of benzene rings is 2. The van der Waals surface area contributed by atoms with Gasteiger partial charge in [0.15, 0.2) is 11.5 Å². The van der Waals surface area contributed by atoms with Crippen LogP contribution in [0.3, 0.4) is 0 Å². The number of urea groups is 1. The third-order valence-electron chi connectivity index (χ3n) is 4.05. The van der Waals surface area contributed by atoms with Crippen molar-refractivity contribution in [2.24, 2.45) is 0 Å². The monoisotopic (exact) mass is 421 g/mol. The number of halogens is 2. The van der Waals surface area contributed by atoms with Gasteiger partial charge in [0, 0.05) is 29.4 Å². The van der Waals surface area contributed by atoms with Crippen LogP contribution in [0.25, 0.3) is 0 Å². The lowest BCUT2D eigenvalue weighted by Gasteiger charge is -2.15. The van der Waals surface area contributed by atoms with E-state index in [1.165, 1.54) is 6.07 Å². The van der Waals surface area contributed by atoms with Gasteiger partial charge in [0.2, 0.25) is 5.91 Å². The van der Waals surface area contributed by atoms with E-state index in [9.17, 15) is 18.4 Å². The van der Waals surface area contributed by atoms with Crippen LogP contribution in [-0.4, -0.2) is 31.7 Å². The second-order valence-electron chi connectivity index (χ2n) is 6.30. The molecular formula is C21H25F2N3O4. The molecule has 2 aromatic carbocycles. The number of carbonyl (C=O) groups excluding carboxylic acids is 2. The van der Waals surface area contributed by atoms with E-state index in [0.29, 0.717) is 30.4 Å². The van der Waals surface area contributed by atoms with E-state index in [2.05, 4.69) is 16.0 Å². The Hall–Kier alpha value is -3.20. The average Bonchev–Trinajstić information content (AvgIpc) is 2.68. The molecular weight excluding hydrogens is 396 g/mol. The van der Waals surface area contributed by atoms with Gasteiger partial charge in [-0.05, 0) is 39.0 Å². The van der Waals surface area contributed by atoms with Crippen molar-refractivity contribution in [3.05, 3.63) is 53.6 Å². The van der Waals surface area contributed by atoms with Crippen LogP contribution in [-0.2, 0) is 4.79 Å². The molecule has 0 saturated heterocycles. The number of anilines is 1. The highest BCUT2D eigenvalue weighted by Gasteiger charge is 2.15. The molecule has 0 bridgehead atoms. The van der Waals surface area contributed by atoms with Crippen LogP contribution in [0.2, 0.25) is 0 Å². The fraction of sp³-hybridized carbons (Fsp3) is 0.333. The highest BCUT2D eigenvalue weighted by molar-refractivity contribution is 6.01. The highest BCUT2D eigenvalue weighted by atomic mass is 19.1. The molecule has 1 atom stereocenters. The van der Waals surface area contributed by atoms with Crippen molar-refractivity contribution < 1.29 is 27.8 Å². The summed E-state index contributed by atoms with van der Waals surface area (Å²) >= 11 is 0. The van der Waals surface area contributed by atoms with Crippen molar-refractivity contribution in [3.63, 3.8) is 0 Å². The molecule has 3 amide bonds. The van der Waals surface area contributed by atoms with Crippen LogP contribution in [0.4, 0.5) is 19.3 Å². The minimum atomic E-state index is -0.728. The van der Waals surface area contributed by atoms with Crippen molar-refractivity contribution in [1.82, 2.24) is 10.6 Å². The van der Waals surface area contributed by atoms with Gasteiger partial charge in [-0.25, -0.2) is 13.6 Å². The summed E-state index contributed by atoms with van der Waals surface area (Å²) in [4.78, 5) is 24.1. The van der Waals surface area contributed by atoms with Gasteiger partial charge in [-0.1, -0.05) is 6.07 Å². The van der Waals surface area contributed by atoms with Gasteiger partial charge in [-0.3, -0.25) is 10.1 Å². The van der Waals surface area contributed by atoms with Crippen molar-refractivity contribution in [3.8, 4) is 11.5 Å². The van der Waals surface area contributed by atoms with Gasteiger partial charge in [0.1, 0.15) is 11.6 Å². The van der Waals surface area contributed by atoms with Crippen molar-refractivity contribution in [2.75, 3.05) is 25.1 Å². The van der Waals surface area contributed by atoms with Crippen LogP contribution in [0.15, 0.2) is 36.4 Å². The summed E-state index contributed by atoms with van der Waals surface area (Å²) in [6, 6.07) is 6.80. The van der Waals surface area contributed by atoms with E-state index in [1.54, 1.807) is 25.1 Å². The van der Waals surface area contributed by atoms with E-state index < -0.39 is 29.6 Å². The number of hydrogen-bond donors (Lipinski definition) is 3. The zero-order valence-corrected chi connectivity index (χ0v) is 17.1. The maximum atomic E-state index is 13.8. The minimum absolute atomic E-state index is 0.214. The normalized spacial score (nSPS) is 11.5. The van der Waals surface area contributed by atoms with E-state index in [1.807, 2.05) is 13.8 Å². The molecule has 162 valence electrons. The third kappa shape index (κ3) is 6.70. The van der Waals surface area contributed by atoms with Crippen LogP contribution >= 0.6 is 0 Å². The van der Waals surface area contributed by atoms with Gasteiger partial charge >= 0.3 is 6.03 Å². The zero-order valence-electron chi connectivity index (χ0n) is 17.1. The Morgan fingerprint density at radius 2 is 1.70 bits per heavy atom. The molecule has 0 aliphatic carbocycles. The van der Waals surface area contributed by atoms with E-state index >= 15 is 0 Å². The molecule has 0 aliphatic heterocycles. The van der Waals surface area contributed by atoms with E-state index in [-0.39, 0.29) is 12.1 Å². The predicted octanol–water partition coefficient (Wildman–Crippen LogP) is 3.76. The quantitative estimate of drug-likeness (QED) is 0.574. The number of ether oxygens (including phenoxy) is 2. The molecule has 2 aromatic rings. The first kappa shape index (κ1) is 23.1. The number of carbonyl (C=O) groups is 2. The Balaban J connectivity index is 1.88. The Morgan fingerprint density at radius 1 is 1.00 bits per heavy atom. The van der Waals surface area contributed by atoms with Gasteiger partial charge < -0.3 is 20.1 Å². The Labute approximate surface area is 173 Å². The summed E-state index contributed by atoms with van der Waals surface area (Å²) < 4.78 is 37.7. The van der Waals surface area contributed by atoms with E-state index in [4.69, 9.17) is 9.47 Å². The molecule has 30 heavy (non-hydrogen) atoms. The number of amides is 3. The van der Waals surface area contributed by atoms with Crippen molar-refractivity contribution >= 4 is 17.6 Å². The average molecular weight is 421 g/mol. The molecule has 0 heterocycles. The maximum absolute atomic E-state index is 13.8. The fourth-order valence-electron chi connectivity index (χ4n) is 2.67. The lowest BCUT2D eigenvalue weighted by molar-refractivity contribution is -0.119. The van der Waals surface area contributed by atoms with Crippen molar-refractivity contribution in [2.45, 2.75) is 26.8 Å². The number of hydrogen-bond acceptors (Lipinski definition) is 5. The SMILES string of the molecule is CCOc1ccc(NC(=O)NC(=O)CN[C@H](C)c2ccc(F)cc2F)cc1OCC. The second kappa shape index (κ2) is 11.1. The fourth-order valence-corrected chi connectivity index (χ4v) is 2.67.